The molecule has 8 heteroatoms. The third-order valence-corrected chi connectivity index (χ3v) is 4.14. The number of carbonyl (C=O) groups excluding carboxylic acids is 1. The summed E-state index contributed by atoms with van der Waals surface area (Å²) < 4.78 is 23.7. The molecule has 0 fully saturated rings. The summed E-state index contributed by atoms with van der Waals surface area (Å²) in [6.07, 6.45) is 1.71. The van der Waals surface area contributed by atoms with E-state index in [1.807, 2.05) is 17.7 Å². The molecule has 0 aliphatic carbocycles. The first kappa shape index (κ1) is 17.0. The number of furan rings is 1. The Balaban J connectivity index is 1.32. The van der Waals surface area contributed by atoms with Crippen LogP contribution in [0.5, 0.6) is 17.2 Å². The first-order valence-electron chi connectivity index (χ1n) is 8.63. The third kappa shape index (κ3) is 3.74. The standard InChI is InChI=1S/C19H19N3O5/c1-2-22-13(7-8-21-22)10-20-19(23)17-6-4-15(27-17)11-24-14-3-5-16-18(9-14)26-12-25-16/h3-9H,2,10-12H2,1H3,(H,20,23). The highest BCUT2D eigenvalue weighted by molar-refractivity contribution is 5.91. The van der Waals surface area contributed by atoms with Crippen LogP contribution in [-0.2, 0) is 19.7 Å². The normalized spacial score (nSPS) is 12.2. The van der Waals surface area contributed by atoms with Crippen molar-refractivity contribution >= 4 is 5.91 Å². The van der Waals surface area contributed by atoms with Crippen molar-refractivity contribution in [3.8, 4) is 17.2 Å². The highest BCUT2D eigenvalue weighted by Gasteiger charge is 2.15. The van der Waals surface area contributed by atoms with E-state index in [-0.39, 0.29) is 25.1 Å². The summed E-state index contributed by atoms with van der Waals surface area (Å²) in [6, 6.07) is 10.6. The Bertz CT molecular complexity index is 946. The SMILES string of the molecule is CCn1nccc1CNC(=O)c1ccc(COc2ccc3c(c2)OCO3)o1. The fraction of sp³-hybridized carbons (Fsp3) is 0.263. The summed E-state index contributed by atoms with van der Waals surface area (Å²) >= 11 is 0. The van der Waals surface area contributed by atoms with Crippen LogP contribution in [0.15, 0.2) is 47.0 Å². The van der Waals surface area contributed by atoms with Crippen LogP contribution in [0, 0.1) is 0 Å². The summed E-state index contributed by atoms with van der Waals surface area (Å²) in [4.78, 5) is 12.2. The van der Waals surface area contributed by atoms with Gasteiger partial charge >= 0.3 is 0 Å². The Morgan fingerprint density at radius 3 is 3.00 bits per heavy atom. The lowest BCUT2D eigenvalue weighted by Gasteiger charge is -2.06. The second kappa shape index (κ2) is 7.45. The van der Waals surface area contributed by atoms with Gasteiger partial charge in [0.1, 0.15) is 18.1 Å². The van der Waals surface area contributed by atoms with Crippen molar-refractivity contribution in [3.63, 3.8) is 0 Å². The van der Waals surface area contributed by atoms with E-state index in [2.05, 4.69) is 10.4 Å². The van der Waals surface area contributed by atoms with Crippen LogP contribution in [-0.4, -0.2) is 22.5 Å². The van der Waals surface area contributed by atoms with Crippen molar-refractivity contribution < 1.29 is 23.4 Å². The number of hydrogen-bond acceptors (Lipinski definition) is 6. The molecule has 8 nitrogen and oxygen atoms in total. The smallest absolute Gasteiger partial charge is 0.287 e. The van der Waals surface area contributed by atoms with E-state index < -0.39 is 0 Å². The highest BCUT2D eigenvalue weighted by atomic mass is 16.7. The van der Waals surface area contributed by atoms with Crippen LogP contribution in [0.25, 0.3) is 0 Å². The fourth-order valence-electron chi connectivity index (χ4n) is 2.75. The zero-order chi connectivity index (χ0) is 18.6. The van der Waals surface area contributed by atoms with E-state index >= 15 is 0 Å². The molecule has 0 atom stereocenters. The number of fused-ring (bicyclic) bond motifs is 1. The minimum Gasteiger partial charge on any atom is -0.486 e. The summed E-state index contributed by atoms with van der Waals surface area (Å²) in [5.41, 5.74) is 0.934. The molecule has 1 aromatic carbocycles. The van der Waals surface area contributed by atoms with Gasteiger partial charge in [-0.25, -0.2) is 0 Å². The summed E-state index contributed by atoms with van der Waals surface area (Å²) in [7, 11) is 0. The Labute approximate surface area is 155 Å². The molecule has 1 aliphatic heterocycles. The number of aromatic nitrogens is 2. The molecule has 0 radical (unpaired) electrons. The molecular weight excluding hydrogens is 350 g/mol. The maximum absolute atomic E-state index is 12.2. The molecule has 1 amide bonds. The number of ether oxygens (including phenoxy) is 3. The molecule has 27 heavy (non-hydrogen) atoms. The molecule has 140 valence electrons. The van der Waals surface area contributed by atoms with Gasteiger partial charge in [0.2, 0.25) is 6.79 Å². The molecule has 0 spiro atoms. The molecule has 3 aromatic rings. The van der Waals surface area contributed by atoms with E-state index in [1.54, 1.807) is 36.5 Å². The maximum atomic E-state index is 12.2. The van der Waals surface area contributed by atoms with E-state index in [9.17, 15) is 4.79 Å². The second-order valence-electron chi connectivity index (χ2n) is 5.89. The highest BCUT2D eigenvalue weighted by Crippen LogP contribution is 2.35. The van der Waals surface area contributed by atoms with Gasteiger partial charge < -0.3 is 23.9 Å². The minimum atomic E-state index is -0.284. The molecule has 0 saturated heterocycles. The molecule has 0 unspecified atom stereocenters. The van der Waals surface area contributed by atoms with Gasteiger partial charge in [-0.2, -0.15) is 5.10 Å². The van der Waals surface area contributed by atoms with Gasteiger partial charge in [0.25, 0.3) is 5.91 Å². The molecule has 2 aromatic heterocycles. The number of benzene rings is 1. The average molecular weight is 369 g/mol. The minimum absolute atomic E-state index is 0.204. The first-order valence-corrected chi connectivity index (χ1v) is 8.63. The predicted molar refractivity (Wildman–Crippen MR) is 94.7 cm³/mol. The summed E-state index contributed by atoms with van der Waals surface area (Å²) in [6.45, 7) is 3.55. The van der Waals surface area contributed by atoms with Gasteiger partial charge in [-0.05, 0) is 37.3 Å². The lowest BCUT2D eigenvalue weighted by atomic mass is 10.3. The van der Waals surface area contributed by atoms with Crippen molar-refractivity contribution in [3.05, 3.63) is 59.8 Å². The van der Waals surface area contributed by atoms with Gasteiger partial charge in [0.15, 0.2) is 17.3 Å². The van der Waals surface area contributed by atoms with Crippen LogP contribution < -0.4 is 19.5 Å². The zero-order valence-electron chi connectivity index (χ0n) is 14.8. The van der Waals surface area contributed by atoms with Gasteiger partial charge in [-0.1, -0.05) is 0 Å². The largest absolute Gasteiger partial charge is 0.486 e. The van der Waals surface area contributed by atoms with Crippen molar-refractivity contribution in [1.29, 1.82) is 0 Å². The number of amides is 1. The van der Waals surface area contributed by atoms with Crippen molar-refractivity contribution in [2.24, 2.45) is 0 Å². The molecule has 0 saturated carbocycles. The average Bonchev–Trinajstić information content (AvgIpc) is 3.44. The Hall–Kier alpha value is -3.42. The number of nitrogens with one attached hydrogen (secondary N) is 1. The van der Waals surface area contributed by atoms with E-state index in [4.69, 9.17) is 18.6 Å². The quantitative estimate of drug-likeness (QED) is 0.689. The topological polar surface area (TPSA) is 87.8 Å². The van der Waals surface area contributed by atoms with E-state index in [0.29, 0.717) is 29.6 Å². The molecular formula is C19H19N3O5. The fourth-order valence-corrected chi connectivity index (χ4v) is 2.75. The second-order valence-corrected chi connectivity index (χ2v) is 5.89. The van der Waals surface area contributed by atoms with Crippen molar-refractivity contribution in [2.45, 2.75) is 26.6 Å². The Morgan fingerprint density at radius 2 is 2.11 bits per heavy atom. The number of carbonyl (C=O) groups is 1. The number of aryl methyl sites for hydroxylation is 1. The summed E-state index contributed by atoms with van der Waals surface area (Å²) in [5, 5.41) is 7.00. The van der Waals surface area contributed by atoms with E-state index in [0.717, 1.165) is 12.2 Å². The van der Waals surface area contributed by atoms with Gasteiger partial charge in [0.05, 0.1) is 12.2 Å². The summed E-state index contributed by atoms with van der Waals surface area (Å²) in [5.74, 6) is 2.49. The predicted octanol–water partition coefficient (Wildman–Crippen LogP) is 2.73. The molecule has 0 bridgehead atoms. The van der Waals surface area contributed by atoms with Crippen LogP contribution in [0.4, 0.5) is 0 Å². The molecule has 3 heterocycles. The van der Waals surface area contributed by atoms with Gasteiger partial charge in [-0.15, -0.1) is 0 Å². The van der Waals surface area contributed by atoms with Crippen LogP contribution in [0.2, 0.25) is 0 Å². The van der Waals surface area contributed by atoms with Crippen molar-refractivity contribution in [1.82, 2.24) is 15.1 Å². The zero-order valence-corrected chi connectivity index (χ0v) is 14.8. The van der Waals surface area contributed by atoms with Gasteiger partial charge in [-0.3, -0.25) is 9.48 Å². The molecule has 1 aliphatic rings. The lowest BCUT2D eigenvalue weighted by Crippen LogP contribution is -2.23. The van der Waals surface area contributed by atoms with Crippen molar-refractivity contribution in [2.75, 3.05) is 6.79 Å². The molecule has 4 rings (SSSR count). The van der Waals surface area contributed by atoms with Crippen LogP contribution in [0.3, 0.4) is 0 Å². The van der Waals surface area contributed by atoms with Gasteiger partial charge in [0, 0.05) is 18.8 Å². The Kier molecular flexibility index (Phi) is 4.69. The van der Waals surface area contributed by atoms with Crippen LogP contribution >= 0.6 is 0 Å². The van der Waals surface area contributed by atoms with E-state index in [1.165, 1.54) is 0 Å². The third-order valence-electron chi connectivity index (χ3n) is 4.14. The maximum Gasteiger partial charge on any atom is 0.287 e. The first-order chi connectivity index (χ1) is 13.2. The number of nitrogens with zero attached hydrogens (tertiary/aromatic N) is 2. The monoisotopic (exact) mass is 369 g/mol. The molecule has 1 N–H and O–H groups in total. The van der Waals surface area contributed by atoms with Crippen LogP contribution in [0.1, 0.15) is 28.9 Å². The Morgan fingerprint density at radius 1 is 1.22 bits per heavy atom. The number of hydrogen-bond donors (Lipinski definition) is 1. The number of rotatable bonds is 7. The lowest BCUT2D eigenvalue weighted by molar-refractivity contribution is 0.0918.